The highest BCUT2D eigenvalue weighted by Gasteiger charge is 2.38. The molecule has 0 aromatic heterocycles. The molecule has 1 saturated carbocycles. The van der Waals surface area contributed by atoms with Gasteiger partial charge in [0.05, 0.1) is 17.4 Å². The van der Waals surface area contributed by atoms with Gasteiger partial charge in [0, 0.05) is 13.6 Å². The van der Waals surface area contributed by atoms with Crippen molar-refractivity contribution in [1.82, 2.24) is 4.90 Å². The van der Waals surface area contributed by atoms with Gasteiger partial charge in [-0.15, -0.1) is 0 Å². The summed E-state index contributed by atoms with van der Waals surface area (Å²) in [4.78, 5) is 25.2. The Morgan fingerprint density at radius 1 is 1.20 bits per heavy atom. The number of aliphatic carboxylic acids is 1. The maximum absolute atomic E-state index is 12.5. The predicted molar refractivity (Wildman–Crippen MR) is 74.0 cm³/mol. The quantitative estimate of drug-likeness (QED) is 0.764. The normalized spacial score (nSPS) is 28.3. The van der Waals surface area contributed by atoms with Gasteiger partial charge in [-0.05, 0) is 25.7 Å². The topological polar surface area (TPSA) is 77.8 Å². The van der Waals surface area contributed by atoms with Crippen molar-refractivity contribution < 1.29 is 19.8 Å². The highest BCUT2D eigenvalue weighted by Crippen LogP contribution is 2.32. The molecule has 0 radical (unpaired) electrons. The molecule has 0 spiro atoms. The number of likely N-dealkylation sites (N-methyl/N-ethyl adjacent to an activating group) is 1. The molecule has 0 aliphatic heterocycles. The Labute approximate surface area is 119 Å². The molecule has 5 heteroatoms. The van der Waals surface area contributed by atoms with Gasteiger partial charge in [0.25, 0.3) is 0 Å². The van der Waals surface area contributed by atoms with Crippen LogP contribution in [-0.2, 0) is 9.59 Å². The summed E-state index contributed by atoms with van der Waals surface area (Å²) in [6.45, 7) is 0.304. The van der Waals surface area contributed by atoms with Crippen molar-refractivity contribution >= 4 is 11.9 Å². The summed E-state index contributed by atoms with van der Waals surface area (Å²) in [6, 6.07) is 0. The summed E-state index contributed by atoms with van der Waals surface area (Å²) >= 11 is 0. The lowest BCUT2D eigenvalue weighted by molar-refractivity contribution is -0.151. The molecule has 112 valence electrons. The Balaban J connectivity index is 2.01. The minimum atomic E-state index is -0.916. The highest BCUT2D eigenvalue weighted by atomic mass is 16.4. The molecule has 2 N–H and O–H groups in total. The number of amides is 1. The van der Waals surface area contributed by atoms with Crippen molar-refractivity contribution in [3.05, 3.63) is 12.2 Å². The van der Waals surface area contributed by atoms with Gasteiger partial charge in [0.15, 0.2) is 0 Å². The van der Waals surface area contributed by atoms with Gasteiger partial charge in [-0.1, -0.05) is 25.0 Å². The SMILES string of the molecule is CN(CC1(O)CCCC1)C(=O)[C@@H]1CC=CC[C@@H]1C(=O)O. The van der Waals surface area contributed by atoms with Crippen LogP contribution in [0.1, 0.15) is 38.5 Å². The van der Waals surface area contributed by atoms with Crippen LogP contribution in [0.15, 0.2) is 12.2 Å². The molecule has 0 saturated heterocycles. The fraction of sp³-hybridized carbons (Fsp3) is 0.733. The van der Waals surface area contributed by atoms with Crippen molar-refractivity contribution in [2.75, 3.05) is 13.6 Å². The minimum Gasteiger partial charge on any atom is -0.481 e. The highest BCUT2D eigenvalue weighted by molar-refractivity contribution is 5.85. The van der Waals surface area contributed by atoms with E-state index in [1.807, 2.05) is 12.2 Å². The standard InChI is InChI=1S/C15H23NO4/c1-16(10-15(20)8-4-5-9-15)13(17)11-6-2-3-7-12(11)14(18)19/h2-3,11-12,20H,4-10H2,1H3,(H,18,19)/t11-,12+/m1/s1. The molecule has 2 aliphatic carbocycles. The van der Waals surface area contributed by atoms with Gasteiger partial charge < -0.3 is 15.1 Å². The number of rotatable bonds is 4. The lowest BCUT2D eigenvalue weighted by Gasteiger charge is -2.33. The van der Waals surface area contributed by atoms with E-state index in [0.717, 1.165) is 25.7 Å². The first kappa shape index (κ1) is 15.0. The Bertz CT molecular complexity index is 412. The Hall–Kier alpha value is -1.36. The lowest BCUT2D eigenvalue weighted by atomic mass is 9.82. The van der Waals surface area contributed by atoms with Crippen LogP contribution < -0.4 is 0 Å². The molecule has 20 heavy (non-hydrogen) atoms. The predicted octanol–water partition coefficient (Wildman–Crippen LogP) is 1.42. The zero-order valence-corrected chi connectivity index (χ0v) is 11.9. The van der Waals surface area contributed by atoms with E-state index in [0.29, 0.717) is 19.4 Å². The summed E-state index contributed by atoms with van der Waals surface area (Å²) in [5.41, 5.74) is -0.784. The molecule has 0 heterocycles. The zero-order chi connectivity index (χ0) is 14.8. The molecular formula is C15H23NO4. The Kier molecular flexibility index (Phi) is 4.48. The van der Waals surface area contributed by atoms with E-state index in [1.54, 1.807) is 7.05 Å². The molecule has 2 aliphatic rings. The van der Waals surface area contributed by atoms with Crippen molar-refractivity contribution in [2.45, 2.75) is 44.1 Å². The Morgan fingerprint density at radius 3 is 2.30 bits per heavy atom. The van der Waals surface area contributed by atoms with Crippen molar-refractivity contribution in [3.8, 4) is 0 Å². The molecule has 2 atom stereocenters. The fourth-order valence-electron chi connectivity index (χ4n) is 3.35. The number of carboxylic acid groups (broad SMARTS) is 1. The first-order valence-electron chi connectivity index (χ1n) is 7.28. The smallest absolute Gasteiger partial charge is 0.307 e. The van der Waals surface area contributed by atoms with Crippen LogP contribution in [0.5, 0.6) is 0 Å². The van der Waals surface area contributed by atoms with Crippen molar-refractivity contribution in [1.29, 1.82) is 0 Å². The first-order chi connectivity index (χ1) is 9.43. The summed E-state index contributed by atoms with van der Waals surface area (Å²) < 4.78 is 0. The first-order valence-corrected chi connectivity index (χ1v) is 7.28. The van der Waals surface area contributed by atoms with Crippen LogP contribution in [0.25, 0.3) is 0 Å². The monoisotopic (exact) mass is 281 g/mol. The number of nitrogens with zero attached hydrogens (tertiary/aromatic N) is 1. The third kappa shape index (κ3) is 3.20. The van der Waals surface area contributed by atoms with E-state index >= 15 is 0 Å². The number of hydrogen-bond donors (Lipinski definition) is 2. The molecule has 0 aromatic rings. The van der Waals surface area contributed by atoms with Gasteiger partial charge in [-0.2, -0.15) is 0 Å². The van der Waals surface area contributed by atoms with Crippen LogP contribution in [-0.4, -0.2) is 46.2 Å². The van der Waals surface area contributed by atoms with E-state index in [-0.39, 0.29) is 5.91 Å². The maximum atomic E-state index is 12.5. The van der Waals surface area contributed by atoms with Crippen LogP contribution in [0, 0.1) is 11.8 Å². The minimum absolute atomic E-state index is 0.165. The molecule has 0 unspecified atom stereocenters. The van der Waals surface area contributed by atoms with E-state index < -0.39 is 23.4 Å². The van der Waals surface area contributed by atoms with E-state index in [9.17, 15) is 19.8 Å². The maximum Gasteiger partial charge on any atom is 0.307 e. The molecule has 1 fully saturated rings. The average Bonchev–Trinajstić information content (AvgIpc) is 2.84. The summed E-state index contributed by atoms with van der Waals surface area (Å²) in [5.74, 6) is -2.23. The van der Waals surface area contributed by atoms with Gasteiger partial charge in [-0.3, -0.25) is 9.59 Å². The molecule has 2 rings (SSSR count). The van der Waals surface area contributed by atoms with Crippen LogP contribution >= 0.6 is 0 Å². The van der Waals surface area contributed by atoms with Crippen molar-refractivity contribution in [3.63, 3.8) is 0 Å². The number of carboxylic acids is 1. The van der Waals surface area contributed by atoms with Gasteiger partial charge >= 0.3 is 5.97 Å². The summed E-state index contributed by atoms with van der Waals surface area (Å²) in [5, 5.41) is 19.6. The second-order valence-electron chi connectivity index (χ2n) is 6.12. The van der Waals surface area contributed by atoms with Crippen LogP contribution in [0.2, 0.25) is 0 Å². The number of allylic oxidation sites excluding steroid dienone is 2. The van der Waals surface area contributed by atoms with Crippen molar-refractivity contribution in [2.24, 2.45) is 11.8 Å². The zero-order valence-electron chi connectivity index (χ0n) is 11.9. The van der Waals surface area contributed by atoms with Gasteiger partial charge in [0.2, 0.25) is 5.91 Å². The molecule has 5 nitrogen and oxygen atoms in total. The van der Waals surface area contributed by atoms with Crippen LogP contribution in [0.4, 0.5) is 0 Å². The third-order valence-corrected chi connectivity index (χ3v) is 4.51. The number of hydrogen-bond acceptors (Lipinski definition) is 3. The molecular weight excluding hydrogens is 258 g/mol. The number of aliphatic hydroxyl groups is 1. The Morgan fingerprint density at radius 2 is 1.75 bits per heavy atom. The lowest BCUT2D eigenvalue weighted by Crippen LogP contribution is -2.46. The molecule has 0 aromatic carbocycles. The molecule has 0 bridgehead atoms. The van der Waals surface area contributed by atoms with E-state index in [1.165, 1.54) is 4.90 Å². The van der Waals surface area contributed by atoms with Gasteiger partial charge in [0.1, 0.15) is 0 Å². The number of carbonyl (C=O) groups is 2. The largest absolute Gasteiger partial charge is 0.481 e. The molecule has 1 amide bonds. The number of carbonyl (C=O) groups excluding carboxylic acids is 1. The average molecular weight is 281 g/mol. The summed E-state index contributed by atoms with van der Waals surface area (Å²) in [7, 11) is 1.66. The van der Waals surface area contributed by atoms with Gasteiger partial charge in [-0.25, -0.2) is 0 Å². The van der Waals surface area contributed by atoms with Crippen LogP contribution in [0.3, 0.4) is 0 Å². The summed E-state index contributed by atoms with van der Waals surface area (Å²) in [6.07, 6.45) is 8.00. The van der Waals surface area contributed by atoms with E-state index in [2.05, 4.69) is 0 Å². The second kappa shape index (κ2) is 5.95. The second-order valence-corrected chi connectivity index (χ2v) is 6.12. The fourth-order valence-corrected chi connectivity index (χ4v) is 3.35. The van der Waals surface area contributed by atoms with E-state index in [4.69, 9.17) is 0 Å². The third-order valence-electron chi connectivity index (χ3n) is 4.51.